The fourth-order valence-corrected chi connectivity index (χ4v) is 4.73. The van der Waals surface area contributed by atoms with E-state index in [9.17, 15) is 14.9 Å². The summed E-state index contributed by atoms with van der Waals surface area (Å²) in [4.78, 5) is 34.9. The second-order valence-corrected chi connectivity index (χ2v) is 8.98. The zero-order valence-electron chi connectivity index (χ0n) is 16.0. The van der Waals surface area contributed by atoms with E-state index in [1.165, 1.54) is 35.2 Å². The topological polar surface area (TPSA) is 89.2 Å². The van der Waals surface area contributed by atoms with E-state index >= 15 is 0 Å². The van der Waals surface area contributed by atoms with Gasteiger partial charge in [-0.3, -0.25) is 24.8 Å². The molecule has 0 saturated carbocycles. The van der Waals surface area contributed by atoms with Crippen LogP contribution in [0.5, 0.6) is 0 Å². The number of benzene rings is 2. The van der Waals surface area contributed by atoms with Gasteiger partial charge in [-0.2, -0.15) is 0 Å². The second-order valence-electron chi connectivity index (χ2n) is 6.48. The van der Waals surface area contributed by atoms with E-state index in [1.807, 2.05) is 24.3 Å². The molecule has 10 heteroatoms. The molecule has 0 aliphatic heterocycles. The number of amides is 1. The third kappa shape index (κ3) is 5.19. The van der Waals surface area contributed by atoms with Gasteiger partial charge in [0.1, 0.15) is 0 Å². The van der Waals surface area contributed by atoms with Crippen molar-refractivity contribution in [2.75, 3.05) is 10.7 Å². The number of non-ortho nitro benzene ring substituents is 1. The van der Waals surface area contributed by atoms with E-state index in [1.54, 1.807) is 35.5 Å². The molecular formula is C21H15ClN4O3S2. The lowest BCUT2D eigenvalue weighted by molar-refractivity contribution is -0.384. The van der Waals surface area contributed by atoms with Crippen LogP contribution in [0.25, 0.3) is 10.2 Å². The van der Waals surface area contributed by atoms with Crippen molar-refractivity contribution in [2.24, 2.45) is 0 Å². The van der Waals surface area contributed by atoms with Crippen LogP contribution in [-0.4, -0.2) is 26.6 Å². The highest BCUT2D eigenvalue weighted by Gasteiger charge is 2.21. The molecule has 2 aromatic heterocycles. The summed E-state index contributed by atoms with van der Waals surface area (Å²) in [6.07, 6.45) is 3.34. The predicted octanol–water partition coefficient (Wildman–Crippen LogP) is 5.58. The Morgan fingerprint density at radius 3 is 2.58 bits per heavy atom. The van der Waals surface area contributed by atoms with Crippen LogP contribution in [0.15, 0.2) is 71.9 Å². The van der Waals surface area contributed by atoms with E-state index in [-0.39, 0.29) is 17.3 Å². The van der Waals surface area contributed by atoms with Gasteiger partial charge in [0.2, 0.25) is 5.91 Å². The van der Waals surface area contributed by atoms with Crippen molar-refractivity contribution >= 4 is 61.6 Å². The monoisotopic (exact) mass is 470 g/mol. The summed E-state index contributed by atoms with van der Waals surface area (Å²) >= 11 is 8.59. The molecule has 2 aromatic carbocycles. The Labute approximate surface area is 190 Å². The van der Waals surface area contributed by atoms with Gasteiger partial charge in [0, 0.05) is 34.4 Å². The number of hydrogen-bond donors (Lipinski definition) is 0. The second kappa shape index (κ2) is 9.42. The van der Waals surface area contributed by atoms with Crippen molar-refractivity contribution in [3.8, 4) is 0 Å². The number of hydrogen-bond acceptors (Lipinski definition) is 7. The van der Waals surface area contributed by atoms with Gasteiger partial charge in [-0.25, -0.2) is 4.98 Å². The maximum absolute atomic E-state index is 13.2. The fourth-order valence-electron chi connectivity index (χ4n) is 2.82. The Hall–Kier alpha value is -3.01. The van der Waals surface area contributed by atoms with Crippen molar-refractivity contribution in [3.05, 3.63) is 87.7 Å². The van der Waals surface area contributed by atoms with Crippen molar-refractivity contribution in [3.63, 3.8) is 0 Å². The average molecular weight is 471 g/mol. The average Bonchev–Trinajstić information content (AvgIpc) is 3.20. The molecule has 1 amide bonds. The number of fused-ring (bicyclic) bond motifs is 1. The summed E-state index contributed by atoms with van der Waals surface area (Å²) < 4.78 is 0.655. The van der Waals surface area contributed by atoms with Gasteiger partial charge >= 0.3 is 0 Å². The highest BCUT2D eigenvalue weighted by Crippen LogP contribution is 2.33. The first-order valence-electron chi connectivity index (χ1n) is 9.12. The van der Waals surface area contributed by atoms with Gasteiger partial charge < -0.3 is 0 Å². The summed E-state index contributed by atoms with van der Waals surface area (Å²) in [6.45, 7) is 0.324. The summed E-state index contributed by atoms with van der Waals surface area (Å²) in [5.74, 6) is 0.0910. The lowest BCUT2D eigenvalue weighted by atomic mass is 10.2. The molecule has 0 aliphatic carbocycles. The first kappa shape index (κ1) is 21.2. The summed E-state index contributed by atoms with van der Waals surface area (Å²) in [5, 5.41) is 12.2. The molecule has 0 aliphatic rings. The van der Waals surface area contributed by atoms with Gasteiger partial charge in [0.15, 0.2) is 5.13 Å². The summed E-state index contributed by atoms with van der Waals surface area (Å²) in [5.41, 5.74) is 1.52. The number of thioether (sulfide) groups is 1. The number of thiazole rings is 1. The highest BCUT2D eigenvalue weighted by molar-refractivity contribution is 8.00. The number of anilines is 1. The lowest BCUT2D eigenvalue weighted by Crippen LogP contribution is -2.31. The first-order chi connectivity index (χ1) is 15.0. The molecule has 0 spiro atoms. The maximum atomic E-state index is 13.2. The number of pyridine rings is 1. The van der Waals surface area contributed by atoms with E-state index in [0.29, 0.717) is 26.9 Å². The molecule has 0 radical (unpaired) electrons. The normalized spacial score (nSPS) is 10.9. The van der Waals surface area contributed by atoms with Crippen LogP contribution < -0.4 is 4.90 Å². The number of nitrogens with zero attached hydrogens (tertiary/aromatic N) is 4. The number of nitro benzene ring substituents is 1. The minimum atomic E-state index is -0.443. The van der Waals surface area contributed by atoms with Crippen LogP contribution in [0.2, 0.25) is 5.02 Å². The number of halogens is 1. The third-order valence-electron chi connectivity index (χ3n) is 4.37. The van der Waals surface area contributed by atoms with Gasteiger partial charge in [-0.05, 0) is 48.0 Å². The molecule has 7 nitrogen and oxygen atoms in total. The Kier molecular flexibility index (Phi) is 6.45. The molecule has 0 fully saturated rings. The third-order valence-corrected chi connectivity index (χ3v) is 6.66. The van der Waals surface area contributed by atoms with E-state index in [2.05, 4.69) is 9.97 Å². The van der Waals surface area contributed by atoms with Crippen molar-refractivity contribution < 1.29 is 9.72 Å². The molecule has 0 atom stereocenters. The lowest BCUT2D eigenvalue weighted by Gasteiger charge is -2.20. The van der Waals surface area contributed by atoms with Gasteiger partial charge in [-0.15, -0.1) is 11.8 Å². The molecular weight excluding hydrogens is 456 g/mol. The van der Waals surface area contributed by atoms with E-state index < -0.39 is 4.92 Å². The Morgan fingerprint density at radius 1 is 1.13 bits per heavy atom. The van der Waals surface area contributed by atoms with Gasteiger partial charge in [0.05, 0.1) is 27.4 Å². The molecule has 0 N–H and O–H groups in total. The van der Waals surface area contributed by atoms with Crippen LogP contribution in [-0.2, 0) is 11.3 Å². The SMILES string of the molecule is O=C(CSc1ccc(Cl)cc1)N(Cc1ccncc1)c1nc2ccc([N+](=O)[O-])cc2s1. The van der Waals surface area contributed by atoms with Crippen LogP contribution in [0.1, 0.15) is 5.56 Å². The zero-order valence-corrected chi connectivity index (χ0v) is 18.4. The largest absolute Gasteiger partial charge is 0.283 e. The molecule has 4 rings (SSSR count). The summed E-state index contributed by atoms with van der Waals surface area (Å²) in [7, 11) is 0. The smallest absolute Gasteiger partial charge is 0.270 e. The number of carbonyl (C=O) groups is 1. The Bertz CT molecular complexity index is 1230. The van der Waals surface area contributed by atoms with E-state index in [0.717, 1.165) is 10.5 Å². The van der Waals surface area contributed by atoms with Crippen LogP contribution >= 0.6 is 34.7 Å². The molecule has 0 unspecified atom stereocenters. The van der Waals surface area contributed by atoms with Gasteiger partial charge in [0.25, 0.3) is 5.69 Å². The maximum Gasteiger partial charge on any atom is 0.270 e. The minimum absolute atomic E-state index is 0.00648. The Morgan fingerprint density at radius 2 is 1.87 bits per heavy atom. The fraction of sp³-hybridized carbons (Fsp3) is 0.0952. The van der Waals surface area contributed by atoms with Crippen molar-refractivity contribution in [2.45, 2.75) is 11.4 Å². The number of carbonyl (C=O) groups excluding carboxylic acids is 1. The number of aromatic nitrogens is 2. The zero-order chi connectivity index (χ0) is 21.8. The minimum Gasteiger partial charge on any atom is -0.283 e. The molecule has 31 heavy (non-hydrogen) atoms. The summed E-state index contributed by atoms with van der Waals surface area (Å²) in [6, 6.07) is 15.5. The van der Waals surface area contributed by atoms with E-state index in [4.69, 9.17) is 11.6 Å². The standard InChI is InChI=1S/C21H15ClN4O3S2/c22-15-1-4-17(5-2-15)30-13-20(27)25(12-14-7-9-23-10-8-14)21-24-18-6-3-16(26(28)29)11-19(18)31-21/h1-11H,12-13H2. The van der Waals surface area contributed by atoms with Crippen molar-refractivity contribution in [1.82, 2.24) is 9.97 Å². The molecule has 156 valence electrons. The number of nitro groups is 1. The Balaban J connectivity index is 1.61. The molecule has 4 aromatic rings. The highest BCUT2D eigenvalue weighted by atomic mass is 35.5. The van der Waals surface area contributed by atoms with Gasteiger partial charge in [-0.1, -0.05) is 22.9 Å². The predicted molar refractivity (Wildman–Crippen MR) is 124 cm³/mol. The van der Waals surface area contributed by atoms with Crippen LogP contribution in [0.3, 0.4) is 0 Å². The quantitative estimate of drug-likeness (QED) is 0.199. The first-order valence-corrected chi connectivity index (χ1v) is 11.3. The molecule has 0 bridgehead atoms. The molecule has 2 heterocycles. The van der Waals surface area contributed by atoms with Crippen LogP contribution in [0.4, 0.5) is 10.8 Å². The van der Waals surface area contributed by atoms with Crippen molar-refractivity contribution in [1.29, 1.82) is 0 Å². The molecule has 0 saturated heterocycles. The number of rotatable bonds is 7. The van der Waals surface area contributed by atoms with Crippen LogP contribution in [0, 0.1) is 10.1 Å².